The maximum atomic E-state index is 12.9. The molecule has 3 rings (SSSR count). The summed E-state index contributed by atoms with van der Waals surface area (Å²) < 4.78 is 54.2. The highest BCUT2D eigenvalue weighted by molar-refractivity contribution is 5.91. The predicted molar refractivity (Wildman–Crippen MR) is 106 cm³/mol. The Morgan fingerprint density at radius 1 is 0.900 bits per heavy atom. The van der Waals surface area contributed by atoms with Crippen molar-refractivity contribution in [1.29, 1.82) is 0 Å². The number of ether oxygens (including phenoxy) is 3. The fourth-order valence-corrected chi connectivity index (χ4v) is 3.60. The van der Waals surface area contributed by atoms with Crippen LogP contribution in [0.25, 0.3) is 0 Å². The molecule has 0 N–H and O–H groups in total. The molecule has 2 aromatic carbocycles. The van der Waals surface area contributed by atoms with Gasteiger partial charge < -0.3 is 14.2 Å². The number of halogens is 3. The van der Waals surface area contributed by atoms with Crippen LogP contribution in [0.1, 0.15) is 62.2 Å². The molecule has 0 atom stereocenters. The zero-order valence-electron chi connectivity index (χ0n) is 16.8. The first-order valence-electron chi connectivity index (χ1n) is 10.1. The van der Waals surface area contributed by atoms with E-state index in [1.54, 1.807) is 30.3 Å². The van der Waals surface area contributed by atoms with Crippen molar-refractivity contribution >= 4 is 5.97 Å². The van der Waals surface area contributed by atoms with Crippen molar-refractivity contribution < 1.29 is 32.2 Å². The maximum absolute atomic E-state index is 12.9. The minimum Gasteiger partial charge on any atom is -0.484 e. The van der Waals surface area contributed by atoms with Crippen LogP contribution in [0.15, 0.2) is 48.5 Å². The van der Waals surface area contributed by atoms with Gasteiger partial charge in [-0.25, -0.2) is 4.79 Å². The first-order chi connectivity index (χ1) is 14.2. The topological polar surface area (TPSA) is 44.8 Å². The minimum atomic E-state index is -4.87. The molecule has 2 aromatic rings. The van der Waals surface area contributed by atoms with Crippen LogP contribution in [-0.4, -0.2) is 17.9 Å². The normalized spacial score (nSPS) is 16.8. The molecule has 0 aromatic heterocycles. The lowest BCUT2D eigenvalue weighted by molar-refractivity contribution is -0.275. The van der Waals surface area contributed by atoms with Crippen LogP contribution in [0.5, 0.6) is 17.2 Å². The number of hydrogen-bond donors (Lipinski definition) is 0. The smallest absolute Gasteiger partial charge is 0.484 e. The van der Waals surface area contributed by atoms with E-state index < -0.39 is 23.7 Å². The third-order valence-corrected chi connectivity index (χ3v) is 5.13. The summed E-state index contributed by atoms with van der Waals surface area (Å²) in [5, 5.41) is 0. The Morgan fingerprint density at radius 2 is 1.53 bits per heavy atom. The van der Waals surface area contributed by atoms with Crippen LogP contribution in [0.4, 0.5) is 13.2 Å². The molecule has 1 fully saturated rings. The van der Waals surface area contributed by atoms with Gasteiger partial charge in [0, 0.05) is 0 Å². The Labute approximate surface area is 173 Å². The van der Waals surface area contributed by atoms with Gasteiger partial charge in [0.1, 0.15) is 11.4 Å². The number of hydrogen-bond acceptors (Lipinski definition) is 4. The third kappa shape index (κ3) is 6.40. The standard InChI is InChI=1S/C23H25F3O4/c1-22(14-8-3-2-4-9-15-22)29-20-16-17(12-13-19(20)30-23(24,25)26)21(27)28-18-10-6-5-7-11-18/h5-7,10-13,16H,2-4,8-9,14-15H2,1H3. The second kappa shape index (κ2) is 9.41. The molecule has 0 bridgehead atoms. The molecule has 162 valence electrons. The highest BCUT2D eigenvalue weighted by Gasteiger charge is 2.35. The Balaban J connectivity index is 1.87. The third-order valence-electron chi connectivity index (χ3n) is 5.13. The molecular weight excluding hydrogens is 397 g/mol. The van der Waals surface area contributed by atoms with Crippen molar-refractivity contribution in [3.63, 3.8) is 0 Å². The highest BCUT2D eigenvalue weighted by Crippen LogP contribution is 2.38. The van der Waals surface area contributed by atoms with E-state index in [1.165, 1.54) is 12.1 Å². The molecular formula is C23H25F3O4. The van der Waals surface area contributed by atoms with Crippen LogP contribution in [0.2, 0.25) is 0 Å². The van der Waals surface area contributed by atoms with Gasteiger partial charge >= 0.3 is 12.3 Å². The van der Waals surface area contributed by atoms with Crippen molar-refractivity contribution in [2.24, 2.45) is 0 Å². The lowest BCUT2D eigenvalue weighted by atomic mass is 9.88. The van der Waals surface area contributed by atoms with E-state index in [0.717, 1.165) is 51.0 Å². The number of alkyl halides is 3. The molecule has 0 spiro atoms. The summed E-state index contributed by atoms with van der Waals surface area (Å²) in [6.07, 6.45) is 1.71. The molecule has 4 nitrogen and oxygen atoms in total. The second-order valence-electron chi connectivity index (χ2n) is 7.73. The van der Waals surface area contributed by atoms with Gasteiger partial charge in [-0.05, 0) is 62.9 Å². The quantitative estimate of drug-likeness (QED) is 0.398. The molecule has 0 saturated heterocycles. The van der Waals surface area contributed by atoms with Gasteiger partial charge in [0.15, 0.2) is 11.5 Å². The number of benzene rings is 2. The molecule has 0 aliphatic heterocycles. The largest absolute Gasteiger partial charge is 0.573 e. The number of carbonyl (C=O) groups is 1. The minimum absolute atomic E-state index is 0.0813. The van der Waals surface area contributed by atoms with Gasteiger partial charge in [-0.2, -0.15) is 0 Å². The van der Waals surface area contributed by atoms with E-state index >= 15 is 0 Å². The van der Waals surface area contributed by atoms with E-state index in [0.29, 0.717) is 5.75 Å². The van der Waals surface area contributed by atoms with E-state index in [2.05, 4.69) is 4.74 Å². The molecule has 1 saturated carbocycles. The molecule has 0 heterocycles. The van der Waals surface area contributed by atoms with Crippen molar-refractivity contribution in [2.75, 3.05) is 0 Å². The first-order valence-corrected chi connectivity index (χ1v) is 10.1. The van der Waals surface area contributed by atoms with Crippen molar-refractivity contribution in [2.45, 2.75) is 63.8 Å². The van der Waals surface area contributed by atoms with Crippen LogP contribution < -0.4 is 14.2 Å². The first kappa shape index (κ1) is 22.0. The molecule has 0 unspecified atom stereocenters. The summed E-state index contributed by atoms with van der Waals surface area (Å²) in [6, 6.07) is 12.0. The van der Waals surface area contributed by atoms with Gasteiger partial charge in [-0.3, -0.25) is 0 Å². The second-order valence-corrected chi connectivity index (χ2v) is 7.73. The highest BCUT2D eigenvalue weighted by atomic mass is 19.4. The lowest BCUT2D eigenvalue weighted by Crippen LogP contribution is -2.33. The SMILES string of the molecule is CC1(Oc2cc(C(=O)Oc3ccccc3)ccc2OC(F)(F)F)CCCCCCC1. The van der Waals surface area contributed by atoms with E-state index in [1.807, 2.05) is 6.92 Å². The summed E-state index contributed by atoms with van der Waals surface area (Å²) in [7, 11) is 0. The summed E-state index contributed by atoms with van der Waals surface area (Å²) in [6.45, 7) is 1.89. The maximum Gasteiger partial charge on any atom is 0.573 e. The number of para-hydroxylation sites is 1. The van der Waals surface area contributed by atoms with Crippen LogP contribution in [0.3, 0.4) is 0 Å². The van der Waals surface area contributed by atoms with Crippen LogP contribution >= 0.6 is 0 Å². The van der Waals surface area contributed by atoms with Gasteiger partial charge in [-0.15, -0.1) is 13.2 Å². The fourth-order valence-electron chi connectivity index (χ4n) is 3.60. The summed E-state index contributed by atoms with van der Waals surface area (Å²) in [5.74, 6) is -0.931. The van der Waals surface area contributed by atoms with Crippen molar-refractivity contribution in [3.8, 4) is 17.2 Å². The van der Waals surface area contributed by atoms with E-state index in [4.69, 9.17) is 9.47 Å². The van der Waals surface area contributed by atoms with Crippen molar-refractivity contribution in [1.82, 2.24) is 0 Å². The van der Waals surface area contributed by atoms with Gasteiger partial charge in [0.05, 0.1) is 5.56 Å². The Morgan fingerprint density at radius 3 is 2.17 bits per heavy atom. The summed E-state index contributed by atoms with van der Waals surface area (Å²) >= 11 is 0. The van der Waals surface area contributed by atoms with Gasteiger partial charge in [0.25, 0.3) is 0 Å². The Bertz CT molecular complexity index is 841. The summed E-state index contributed by atoms with van der Waals surface area (Å²) in [4.78, 5) is 12.5. The molecule has 1 aliphatic rings. The van der Waals surface area contributed by atoms with Gasteiger partial charge in [0.2, 0.25) is 0 Å². The summed E-state index contributed by atoms with van der Waals surface area (Å²) in [5.41, 5.74) is -0.552. The number of rotatable bonds is 5. The predicted octanol–water partition coefficient (Wildman–Crippen LogP) is 6.69. The Kier molecular flexibility index (Phi) is 6.90. The molecule has 0 radical (unpaired) electrons. The molecule has 1 aliphatic carbocycles. The zero-order chi connectivity index (χ0) is 21.6. The van der Waals surface area contributed by atoms with E-state index in [-0.39, 0.29) is 11.3 Å². The lowest BCUT2D eigenvalue weighted by Gasteiger charge is -2.33. The monoisotopic (exact) mass is 422 g/mol. The average molecular weight is 422 g/mol. The average Bonchev–Trinajstić information content (AvgIpc) is 2.66. The van der Waals surface area contributed by atoms with Crippen LogP contribution in [0, 0.1) is 0 Å². The van der Waals surface area contributed by atoms with Crippen LogP contribution in [-0.2, 0) is 0 Å². The molecule has 30 heavy (non-hydrogen) atoms. The Hall–Kier alpha value is -2.70. The van der Waals surface area contributed by atoms with Gasteiger partial charge in [-0.1, -0.05) is 37.5 Å². The number of carbonyl (C=O) groups excluding carboxylic acids is 1. The fraction of sp³-hybridized carbons (Fsp3) is 0.435. The number of esters is 1. The molecule has 0 amide bonds. The van der Waals surface area contributed by atoms with Crippen molar-refractivity contribution in [3.05, 3.63) is 54.1 Å². The van der Waals surface area contributed by atoms with E-state index in [9.17, 15) is 18.0 Å². The zero-order valence-corrected chi connectivity index (χ0v) is 16.8. The molecule has 7 heteroatoms.